The molecule has 4 nitrogen and oxygen atoms in total. The average Bonchev–Trinajstić information content (AvgIpc) is 2.13. The Kier molecular flexibility index (Phi) is 7.72. The molecule has 2 unspecified atom stereocenters. The van der Waals surface area contributed by atoms with Crippen molar-refractivity contribution in [2.75, 3.05) is 26.2 Å². The molecule has 0 aromatic carbocycles. The third kappa shape index (κ3) is 5.68. The van der Waals surface area contributed by atoms with Gasteiger partial charge in [0.2, 0.25) is 5.91 Å². The zero-order valence-electron chi connectivity index (χ0n) is 10.5. The smallest absolute Gasteiger partial charge is 0.234 e. The molecule has 0 aromatic rings. The van der Waals surface area contributed by atoms with E-state index in [2.05, 4.69) is 36.3 Å². The van der Waals surface area contributed by atoms with Gasteiger partial charge in [-0.05, 0) is 20.3 Å². The van der Waals surface area contributed by atoms with Crippen LogP contribution in [-0.4, -0.2) is 49.1 Å². The van der Waals surface area contributed by atoms with Gasteiger partial charge < -0.3 is 10.6 Å². The SMILES string of the molecule is CCCNC(=O)CN1CC(C)NC(C)C1.Cl. The summed E-state index contributed by atoms with van der Waals surface area (Å²) in [6.45, 7) is 9.63. The zero-order valence-corrected chi connectivity index (χ0v) is 11.3. The molecule has 1 rings (SSSR count). The van der Waals surface area contributed by atoms with Crippen LogP contribution in [0.4, 0.5) is 0 Å². The molecule has 16 heavy (non-hydrogen) atoms. The summed E-state index contributed by atoms with van der Waals surface area (Å²) in [6.07, 6.45) is 1.00. The van der Waals surface area contributed by atoms with Crippen LogP contribution in [0.3, 0.4) is 0 Å². The second-order valence-electron chi connectivity index (χ2n) is 4.51. The molecule has 0 aromatic heterocycles. The van der Waals surface area contributed by atoms with Crippen molar-refractivity contribution in [1.29, 1.82) is 0 Å². The predicted molar refractivity (Wildman–Crippen MR) is 69.0 cm³/mol. The average molecular weight is 250 g/mol. The minimum absolute atomic E-state index is 0. The Hall–Kier alpha value is -0.320. The lowest BCUT2D eigenvalue weighted by Crippen LogP contribution is -2.56. The molecule has 2 atom stereocenters. The van der Waals surface area contributed by atoms with Crippen molar-refractivity contribution in [2.24, 2.45) is 0 Å². The van der Waals surface area contributed by atoms with Gasteiger partial charge in [-0.2, -0.15) is 0 Å². The molecule has 96 valence electrons. The topological polar surface area (TPSA) is 44.4 Å². The van der Waals surface area contributed by atoms with Gasteiger partial charge in [-0.25, -0.2) is 0 Å². The van der Waals surface area contributed by atoms with Crippen LogP contribution in [0.5, 0.6) is 0 Å². The first-order chi connectivity index (χ1) is 7.11. The van der Waals surface area contributed by atoms with Crippen LogP contribution in [0.1, 0.15) is 27.2 Å². The molecular weight excluding hydrogens is 226 g/mol. The van der Waals surface area contributed by atoms with Gasteiger partial charge in [0, 0.05) is 31.7 Å². The molecule has 1 aliphatic rings. The number of amides is 1. The number of carbonyl (C=O) groups is 1. The molecule has 1 aliphatic heterocycles. The van der Waals surface area contributed by atoms with Gasteiger partial charge in [-0.3, -0.25) is 9.69 Å². The standard InChI is InChI=1S/C11H23N3O.ClH/c1-4-5-12-11(15)8-14-6-9(2)13-10(3)7-14;/h9-10,13H,4-8H2,1-3H3,(H,12,15);1H. The first-order valence-corrected chi connectivity index (χ1v) is 5.87. The monoisotopic (exact) mass is 249 g/mol. The van der Waals surface area contributed by atoms with Gasteiger partial charge >= 0.3 is 0 Å². The van der Waals surface area contributed by atoms with Crippen molar-refractivity contribution in [3.05, 3.63) is 0 Å². The minimum atomic E-state index is 0. The van der Waals surface area contributed by atoms with Gasteiger partial charge in [0.25, 0.3) is 0 Å². The van der Waals surface area contributed by atoms with E-state index in [1.807, 2.05) is 0 Å². The van der Waals surface area contributed by atoms with Crippen LogP contribution in [0.15, 0.2) is 0 Å². The molecule has 0 aliphatic carbocycles. The van der Waals surface area contributed by atoms with E-state index >= 15 is 0 Å². The largest absolute Gasteiger partial charge is 0.355 e. The summed E-state index contributed by atoms with van der Waals surface area (Å²) in [7, 11) is 0. The summed E-state index contributed by atoms with van der Waals surface area (Å²) in [5.74, 6) is 0.151. The van der Waals surface area contributed by atoms with Gasteiger partial charge in [0.15, 0.2) is 0 Å². The molecule has 0 spiro atoms. The Morgan fingerprint density at radius 2 is 1.94 bits per heavy atom. The van der Waals surface area contributed by atoms with Crippen molar-refractivity contribution < 1.29 is 4.79 Å². The van der Waals surface area contributed by atoms with Crippen molar-refractivity contribution >= 4 is 18.3 Å². The first kappa shape index (κ1) is 15.7. The summed E-state index contributed by atoms with van der Waals surface area (Å²) in [5.41, 5.74) is 0. The quantitative estimate of drug-likeness (QED) is 0.768. The molecule has 1 amide bonds. The number of piperazine rings is 1. The molecule has 1 fully saturated rings. The molecule has 0 bridgehead atoms. The maximum atomic E-state index is 11.5. The highest BCUT2D eigenvalue weighted by molar-refractivity contribution is 5.85. The van der Waals surface area contributed by atoms with E-state index in [1.54, 1.807) is 0 Å². The van der Waals surface area contributed by atoms with E-state index in [0.29, 0.717) is 18.6 Å². The fraction of sp³-hybridized carbons (Fsp3) is 0.909. The number of nitrogens with zero attached hydrogens (tertiary/aromatic N) is 1. The van der Waals surface area contributed by atoms with Gasteiger partial charge in [0.05, 0.1) is 6.54 Å². The molecule has 5 heteroatoms. The Balaban J connectivity index is 0.00000225. The Morgan fingerprint density at radius 3 is 2.44 bits per heavy atom. The van der Waals surface area contributed by atoms with E-state index in [9.17, 15) is 4.79 Å². The van der Waals surface area contributed by atoms with Crippen LogP contribution in [0, 0.1) is 0 Å². The number of carbonyl (C=O) groups excluding carboxylic acids is 1. The zero-order chi connectivity index (χ0) is 11.3. The Bertz CT molecular complexity index is 203. The second kappa shape index (κ2) is 7.87. The molecule has 0 radical (unpaired) electrons. The maximum Gasteiger partial charge on any atom is 0.234 e. The summed E-state index contributed by atoms with van der Waals surface area (Å²) >= 11 is 0. The van der Waals surface area contributed by atoms with Gasteiger partial charge in [0.1, 0.15) is 0 Å². The number of halogens is 1. The van der Waals surface area contributed by atoms with Crippen molar-refractivity contribution in [2.45, 2.75) is 39.3 Å². The molecule has 2 N–H and O–H groups in total. The number of hydrogen-bond donors (Lipinski definition) is 2. The highest BCUT2D eigenvalue weighted by atomic mass is 35.5. The summed E-state index contributed by atoms with van der Waals surface area (Å²) in [5, 5.41) is 6.36. The molecule has 1 heterocycles. The highest BCUT2D eigenvalue weighted by Crippen LogP contribution is 2.02. The summed E-state index contributed by atoms with van der Waals surface area (Å²) in [6, 6.07) is 0.959. The lowest BCUT2D eigenvalue weighted by atomic mass is 10.1. The van der Waals surface area contributed by atoms with E-state index < -0.39 is 0 Å². The number of nitrogens with one attached hydrogen (secondary N) is 2. The van der Waals surface area contributed by atoms with Crippen LogP contribution < -0.4 is 10.6 Å². The van der Waals surface area contributed by atoms with Crippen LogP contribution in [-0.2, 0) is 4.79 Å². The summed E-state index contributed by atoms with van der Waals surface area (Å²) < 4.78 is 0. The predicted octanol–water partition coefficient (Wildman–Crippen LogP) is 0.617. The molecule has 1 saturated heterocycles. The Labute approximate surface area is 105 Å². The number of hydrogen-bond acceptors (Lipinski definition) is 3. The fourth-order valence-electron chi connectivity index (χ4n) is 2.09. The van der Waals surface area contributed by atoms with Crippen molar-refractivity contribution in [3.8, 4) is 0 Å². The maximum absolute atomic E-state index is 11.5. The third-order valence-electron chi connectivity index (χ3n) is 2.57. The van der Waals surface area contributed by atoms with Crippen LogP contribution >= 0.6 is 12.4 Å². The minimum Gasteiger partial charge on any atom is -0.355 e. The molecule has 0 saturated carbocycles. The second-order valence-corrected chi connectivity index (χ2v) is 4.51. The lowest BCUT2D eigenvalue weighted by molar-refractivity contribution is -0.122. The van der Waals surface area contributed by atoms with Crippen molar-refractivity contribution in [1.82, 2.24) is 15.5 Å². The van der Waals surface area contributed by atoms with E-state index in [1.165, 1.54) is 0 Å². The molecular formula is C11H24ClN3O. The number of rotatable bonds is 4. The highest BCUT2D eigenvalue weighted by Gasteiger charge is 2.22. The van der Waals surface area contributed by atoms with E-state index in [-0.39, 0.29) is 18.3 Å². The Morgan fingerprint density at radius 1 is 1.38 bits per heavy atom. The van der Waals surface area contributed by atoms with Gasteiger partial charge in [-0.15, -0.1) is 12.4 Å². The van der Waals surface area contributed by atoms with Crippen LogP contribution in [0.25, 0.3) is 0 Å². The third-order valence-corrected chi connectivity index (χ3v) is 2.57. The van der Waals surface area contributed by atoms with E-state index in [4.69, 9.17) is 0 Å². The van der Waals surface area contributed by atoms with Crippen LogP contribution in [0.2, 0.25) is 0 Å². The van der Waals surface area contributed by atoms with Crippen molar-refractivity contribution in [3.63, 3.8) is 0 Å². The lowest BCUT2D eigenvalue weighted by Gasteiger charge is -2.35. The first-order valence-electron chi connectivity index (χ1n) is 5.87. The summed E-state index contributed by atoms with van der Waals surface area (Å²) in [4.78, 5) is 13.7. The normalized spacial score (nSPS) is 25.9. The van der Waals surface area contributed by atoms with Gasteiger partial charge in [-0.1, -0.05) is 6.92 Å². The van der Waals surface area contributed by atoms with E-state index in [0.717, 1.165) is 26.1 Å². The fourth-order valence-corrected chi connectivity index (χ4v) is 2.09.